The maximum Gasteiger partial charge on any atom is 0.272 e. The Kier molecular flexibility index (Phi) is 3.26. The number of carbonyl (C=O) groups is 1. The SMILES string of the molecule is Cc1ccc(-c2cc(C(=O)NC3Cc4ccccc4C3)n[nH]2)o1. The second-order valence-electron chi connectivity index (χ2n) is 5.92. The molecule has 1 aromatic carbocycles. The summed E-state index contributed by atoms with van der Waals surface area (Å²) in [5.41, 5.74) is 3.71. The van der Waals surface area contributed by atoms with E-state index in [4.69, 9.17) is 4.42 Å². The van der Waals surface area contributed by atoms with Gasteiger partial charge in [-0.3, -0.25) is 9.89 Å². The second kappa shape index (κ2) is 5.43. The topological polar surface area (TPSA) is 70.9 Å². The summed E-state index contributed by atoms with van der Waals surface area (Å²) in [6.45, 7) is 1.88. The van der Waals surface area contributed by atoms with Crippen molar-refractivity contribution in [2.75, 3.05) is 0 Å². The van der Waals surface area contributed by atoms with Gasteiger partial charge >= 0.3 is 0 Å². The highest BCUT2D eigenvalue weighted by Gasteiger charge is 2.24. The lowest BCUT2D eigenvalue weighted by atomic mass is 10.1. The van der Waals surface area contributed by atoms with E-state index in [-0.39, 0.29) is 11.9 Å². The molecule has 0 bridgehead atoms. The Morgan fingerprint density at radius 2 is 1.96 bits per heavy atom. The molecule has 2 heterocycles. The van der Waals surface area contributed by atoms with Crippen molar-refractivity contribution in [3.05, 3.63) is 65.0 Å². The molecule has 3 aromatic rings. The monoisotopic (exact) mass is 307 g/mol. The van der Waals surface area contributed by atoms with Gasteiger partial charge in [0.2, 0.25) is 0 Å². The van der Waals surface area contributed by atoms with E-state index < -0.39 is 0 Å². The molecule has 0 atom stereocenters. The molecule has 0 radical (unpaired) electrons. The first-order valence-electron chi connectivity index (χ1n) is 7.69. The number of fused-ring (bicyclic) bond motifs is 1. The van der Waals surface area contributed by atoms with Crippen LogP contribution in [-0.4, -0.2) is 22.1 Å². The minimum atomic E-state index is -0.159. The molecule has 2 N–H and O–H groups in total. The Hall–Kier alpha value is -2.82. The Balaban J connectivity index is 1.45. The van der Waals surface area contributed by atoms with Crippen molar-refractivity contribution in [3.8, 4) is 11.5 Å². The van der Waals surface area contributed by atoms with Crippen LogP contribution in [0.1, 0.15) is 27.4 Å². The highest BCUT2D eigenvalue weighted by Crippen LogP contribution is 2.23. The number of H-pyrrole nitrogens is 1. The van der Waals surface area contributed by atoms with Gasteiger partial charge in [-0.1, -0.05) is 24.3 Å². The normalized spacial score (nSPS) is 14.0. The van der Waals surface area contributed by atoms with Crippen molar-refractivity contribution in [1.82, 2.24) is 15.5 Å². The molecule has 2 aromatic heterocycles. The number of aryl methyl sites for hydroxylation is 1. The first kappa shape index (κ1) is 13.8. The lowest BCUT2D eigenvalue weighted by Gasteiger charge is -2.10. The van der Waals surface area contributed by atoms with Crippen LogP contribution in [0.4, 0.5) is 0 Å². The number of carbonyl (C=O) groups excluding carboxylic acids is 1. The summed E-state index contributed by atoms with van der Waals surface area (Å²) in [7, 11) is 0. The number of aromatic amines is 1. The lowest BCUT2D eigenvalue weighted by Crippen LogP contribution is -2.35. The summed E-state index contributed by atoms with van der Waals surface area (Å²) < 4.78 is 5.54. The van der Waals surface area contributed by atoms with Crippen molar-refractivity contribution in [2.45, 2.75) is 25.8 Å². The number of hydrogen-bond acceptors (Lipinski definition) is 3. The van der Waals surface area contributed by atoms with Crippen molar-refractivity contribution in [1.29, 1.82) is 0 Å². The zero-order chi connectivity index (χ0) is 15.8. The van der Waals surface area contributed by atoms with E-state index in [0.717, 1.165) is 18.6 Å². The van der Waals surface area contributed by atoms with E-state index in [1.54, 1.807) is 6.07 Å². The Morgan fingerprint density at radius 3 is 2.61 bits per heavy atom. The van der Waals surface area contributed by atoms with E-state index in [1.165, 1.54) is 11.1 Å². The number of hydrogen-bond donors (Lipinski definition) is 2. The number of nitrogens with zero attached hydrogens (tertiary/aromatic N) is 1. The van der Waals surface area contributed by atoms with Crippen LogP contribution in [-0.2, 0) is 12.8 Å². The van der Waals surface area contributed by atoms with Crippen LogP contribution in [0.25, 0.3) is 11.5 Å². The minimum absolute atomic E-state index is 0.130. The van der Waals surface area contributed by atoms with Gasteiger partial charge in [0.1, 0.15) is 11.5 Å². The molecule has 1 amide bonds. The molecule has 0 fully saturated rings. The van der Waals surface area contributed by atoms with Crippen LogP contribution < -0.4 is 5.32 Å². The third-order valence-electron chi connectivity index (χ3n) is 4.20. The van der Waals surface area contributed by atoms with E-state index in [2.05, 4.69) is 27.6 Å². The van der Waals surface area contributed by atoms with Crippen molar-refractivity contribution in [3.63, 3.8) is 0 Å². The van der Waals surface area contributed by atoms with Crippen LogP contribution >= 0.6 is 0 Å². The number of amides is 1. The number of rotatable bonds is 3. The summed E-state index contributed by atoms with van der Waals surface area (Å²) >= 11 is 0. The molecule has 0 unspecified atom stereocenters. The predicted molar refractivity (Wildman–Crippen MR) is 86.1 cm³/mol. The number of aromatic nitrogens is 2. The molecule has 5 nitrogen and oxygen atoms in total. The van der Waals surface area contributed by atoms with Gasteiger partial charge in [-0.15, -0.1) is 0 Å². The average Bonchev–Trinajstić information content (AvgIpc) is 3.24. The summed E-state index contributed by atoms with van der Waals surface area (Å²) in [5, 5.41) is 10.0. The van der Waals surface area contributed by atoms with E-state index >= 15 is 0 Å². The zero-order valence-corrected chi connectivity index (χ0v) is 12.8. The van der Waals surface area contributed by atoms with Crippen LogP contribution in [0.3, 0.4) is 0 Å². The molecule has 1 aliphatic rings. The second-order valence-corrected chi connectivity index (χ2v) is 5.92. The molecule has 5 heteroatoms. The Bertz CT molecular complexity index is 838. The minimum Gasteiger partial charge on any atom is -0.460 e. The van der Waals surface area contributed by atoms with Gasteiger partial charge < -0.3 is 9.73 Å². The van der Waals surface area contributed by atoms with E-state index in [9.17, 15) is 4.79 Å². The summed E-state index contributed by atoms with van der Waals surface area (Å²) in [4.78, 5) is 12.4. The van der Waals surface area contributed by atoms with Crippen LogP contribution in [0.15, 0.2) is 46.9 Å². The third-order valence-corrected chi connectivity index (χ3v) is 4.20. The Morgan fingerprint density at radius 1 is 1.22 bits per heavy atom. The van der Waals surface area contributed by atoms with Crippen molar-refractivity contribution in [2.24, 2.45) is 0 Å². The standard InChI is InChI=1S/C18H17N3O2/c1-11-6-7-17(23-11)15-10-16(21-20-15)18(22)19-14-8-12-4-2-3-5-13(12)9-14/h2-7,10,14H,8-9H2,1H3,(H,19,22)(H,20,21). The van der Waals surface area contributed by atoms with E-state index in [1.807, 2.05) is 31.2 Å². The van der Waals surface area contributed by atoms with Crippen LogP contribution in [0.5, 0.6) is 0 Å². The molecule has 4 rings (SSSR count). The molecule has 0 aliphatic heterocycles. The molecule has 116 valence electrons. The van der Waals surface area contributed by atoms with Gasteiger partial charge in [0.05, 0.1) is 0 Å². The van der Waals surface area contributed by atoms with Gasteiger partial charge in [-0.2, -0.15) is 5.10 Å². The fraction of sp³-hybridized carbons (Fsp3) is 0.222. The maximum atomic E-state index is 12.4. The van der Waals surface area contributed by atoms with Gasteiger partial charge in [0.25, 0.3) is 5.91 Å². The van der Waals surface area contributed by atoms with Gasteiger partial charge in [0.15, 0.2) is 11.5 Å². The smallest absolute Gasteiger partial charge is 0.272 e. The fourth-order valence-electron chi connectivity index (χ4n) is 3.06. The first-order chi connectivity index (χ1) is 11.2. The van der Waals surface area contributed by atoms with Gasteiger partial charge in [-0.05, 0) is 43.0 Å². The highest BCUT2D eigenvalue weighted by molar-refractivity contribution is 5.93. The summed E-state index contributed by atoms with van der Waals surface area (Å²) in [5.74, 6) is 1.35. The molecule has 0 saturated carbocycles. The van der Waals surface area contributed by atoms with Crippen LogP contribution in [0.2, 0.25) is 0 Å². The van der Waals surface area contributed by atoms with E-state index in [0.29, 0.717) is 17.1 Å². The quantitative estimate of drug-likeness (QED) is 0.781. The summed E-state index contributed by atoms with van der Waals surface area (Å²) in [6, 6.07) is 13.9. The number of nitrogens with one attached hydrogen (secondary N) is 2. The van der Waals surface area contributed by atoms with Crippen molar-refractivity contribution < 1.29 is 9.21 Å². The zero-order valence-electron chi connectivity index (χ0n) is 12.8. The first-order valence-corrected chi connectivity index (χ1v) is 7.69. The average molecular weight is 307 g/mol. The number of furan rings is 1. The summed E-state index contributed by atoms with van der Waals surface area (Å²) in [6.07, 6.45) is 1.74. The third kappa shape index (κ3) is 2.65. The van der Waals surface area contributed by atoms with Gasteiger partial charge in [-0.25, -0.2) is 0 Å². The van der Waals surface area contributed by atoms with Crippen molar-refractivity contribution >= 4 is 5.91 Å². The molecule has 0 saturated heterocycles. The van der Waals surface area contributed by atoms with Gasteiger partial charge in [0, 0.05) is 12.1 Å². The predicted octanol–water partition coefficient (Wildman–Crippen LogP) is 2.88. The maximum absolute atomic E-state index is 12.4. The molecular weight excluding hydrogens is 290 g/mol. The largest absolute Gasteiger partial charge is 0.460 e. The number of benzene rings is 1. The molecule has 1 aliphatic carbocycles. The Labute approximate surface area is 133 Å². The molecule has 0 spiro atoms. The van der Waals surface area contributed by atoms with Crippen LogP contribution in [0, 0.1) is 6.92 Å². The lowest BCUT2D eigenvalue weighted by molar-refractivity contribution is 0.0933. The molecular formula is C18H17N3O2. The molecule has 23 heavy (non-hydrogen) atoms. The fourth-order valence-corrected chi connectivity index (χ4v) is 3.06. The highest BCUT2D eigenvalue weighted by atomic mass is 16.3.